The van der Waals surface area contributed by atoms with Crippen LogP contribution in [0.5, 0.6) is 0 Å². The molecule has 1 radical (unpaired) electrons. The van der Waals surface area contributed by atoms with Crippen LogP contribution in [-0.4, -0.2) is 0 Å². The molecular formula is C12H16F. The van der Waals surface area contributed by atoms with Crippen LogP contribution in [0.2, 0.25) is 0 Å². The Morgan fingerprint density at radius 2 is 1.85 bits per heavy atom. The van der Waals surface area contributed by atoms with Crippen molar-refractivity contribution in [3.05, 3.63) is 41.1 Å². The predicted molar refractivity (Wildman–Crippen MR) is 54.2 cm³/mol. The van der Waals surface area contributed by atoms with E-state index in [0.717, 1.165) is 5.56 Å². The molecule has 13 heavy (non-hydrogen) atoms. The summed E-state index contributed by atoms with van der Waals surface area (Å²) in [7, 11) is 0. The first-order valence-electron chi connectivity index (χ1n) is 4.62. The molecule has 1 rings (SSSR count). The van der Waals surface area contributed by atoms with Gasteiger partial charge in [-0.15, -0.1) is 0 Å². The van der Waals surface area contributed by atoms with Crippen molar-refractivity contribution in [2.24, 2.45) is 0 Å². The largest absolute Gasteiger partial charge is 0.207 e. The first-order valence-corrected chi connectivity index (χ1v) is 4.62. The fourth-order valence-electron chi connectivity index (χ4n) is 1.46. The molecule has 0 fully saturated rings. The number of benzene rings is 1. The fraction of sp³-hybridized carbons (Fsp3) is 0.417. The van der Waals surface area contributed by atoms with Crippen LogP contribution in [0.3, 0.4) is 0 Å². The highest BCUT2D eigenvalue weighted by molar-refractivity contribution is 5.39. The number of rotatable bonds is 2. The summed E-state index contributed by atoms with van der Waals surface area (Å²) >= 11 is 0. The van der Waals surface area contributed by atoms with Crippen LogP contribution in [0.15, 0.2) is 18.2 Å². The molecule has 0 saturated heterocycles. The van der Waals surface area contributed by atoms with E-state index in [1.807, 2.05) is 19.9 Å². The first kappa shape index (κ1) is 10.2. The second-order valence-corrected chi connectivity index (χ2v) is 3.89. The quantitative estimate of drug-likeness (QED) is 0.645. The summed E-state index contributed by atoms with van der Waals surface area (Å²) in [6, 6.07) is 5.02. The highest BCUT2D eigenvalue weighted by Gasteiger charge is 2.10. The zero-order chi connectivity index (χ0) is 10.0. The molecule has 0 bridgehead atoms. The highest BCUT2D eigenvalue weighted by atomic mass is 19.1. The molecule has 0 unspecified atom stereocenters. The van der Waals surface area contributed by atoms with Gasteiger partial charge in [0.25, 0.3) is 0 Å². The van der Waals surface area contributed by atoms with Crippen LogP contribution >= 0.6 is 0 Å². The van der Waals surface area contributed by atoms with E-state index in [-0.39, 0.29) is 5.82 Å². The maximum absolute atomic E-state index is 13.0. The number of hydrogen-bond acceptors (Lipinski definition) is 0. The van der Waals surface area contributed by atoms with Gasteiger partial charge < -0.3 is 0 Å². The molecule has 0 aliphatic carbocycles. The maximum atomic E-state index is 13.0. The van der Waals surface area contributed by atoms with E-state index in [4.69, 9.17) is 0 Å². The van der Waals surface area contributed by atoms with Gasteiger partial charge in [0, 0.05) is 0 Å². The molecule has 0 atom stereocenters. The van der Waals surface area contributed by atoms with E-state index in [1.54, 1.807) is 6.07 Å². The summed E-state index contributed by atoms with van der Waals surface area (Å²) in [4.78, 5) is 0. The Hall–Kier alpha value is -0.850. The Bertz CT molecular complexity index is 287. The van der Waals surface area contributed by atoms with Crippen LogP contribution < -0.4 is 0 Å². The normalized spacial score (nSPS) is 11.3. The van der Waals surface area contributed by atoms with Crippen molar-refractivity contribution in [3.63, 3.8) is 0 Å². The van der Waals surface area contributed by atoms with Crippen molar-refractivity contribution < 1.29 is 4.39 Å². The van der Waals surface area contributed by atoms with E-state index in [1.165, 1.54) is 17.5 Å². The van der Waals surface area contributed by atoms with Gasteiger partial charge in [0.15, 0.2) is 0 Å². The number of halogens is 1. The molecule has 1 aromatic carbocycles. The SMILES string of the molecule is C[C](C)c1cc(F)ccc1C(C)C. The van der Waals surface area contributed by atoms with Gasteiger partial charge in [-0.1, -0.05) is 33.8 Å². The molecule has 0 aliphatic rings. The predicted octanol–water partition coefficient (Wildman–Crippen LogP) is 3.91. The Labute approximate surface area is 79.8 Å². The van der Waals surface area contributed by atoms with Crippen LogP contribution in [0.1, 0.15) is 44.7 Å². The van der Waals surface area contributed by atoms with Gasteiger partial charge in [-0.3, -0.25) is 0 Å². The van der Waals surface area contributed by atoms with Gasteiger partial charge >= 0.3 is 0 Å². The fourth-order valence-corrected chi connectivity index (χ4v) is 1.46. The van der Waals surface area contributed by atoms with Crippen molar-refractivity contribution in [1.82, 2.24) is 0 Å². The van der Waals surface area contributed by atoms with Gasteiger partial charge in [-0.25, -0.2) is 4.39 Å². The summed E-state index contributed by atoms with van der Waals surface area (Å²) in [5, 5.41) is 0. The van der Waals surface area contributed by atoms with Crippen LogP contribution in [0.4, 0.5) is 4.39 Å². The lowest BCUT2D eigenvalue weighted by molar-refractivity contribution is 0.624. The average molecular weight is 179 g/mol. The highest BCUT2D eigenvalue weighted by Crippen LogP contribution is 2.25. The first-order chi connectivity index (χ1) is 6.02. The molecule has 0 aliphatic heterocycles. The van der Waals surface area contributed by atoms with Gasteiger partial charge in [-0.2, -0.15) is 0 Å². The van der Waals surface area contributed by atoms with Crippen molar-refractivity contribution in [2.45, 2.75) is 33.6 Å². The van der Waals surface area contributed by atoms with Crippen LogP contribution in [0, 0.1) is 11.7 Å². The third-order valence-electron chi connectivity index (χ3n) is 2.18. The van der Waals surface area contributed by atoms with Crippen LogP contribution in [0.25, 0.3) is 0 Å². The summed E-state index contributed by atoms with van der Waals surface area (Å²) in [5.74, 6) is 1.47. The monoisotopic (exact) mass is 179 g/mol. The average Bonchev–Trinajstić information content (AvgIpc) is 2.03. The van der Waals surface area contributed by atoms with Gasteiger partial charge in [0.1, 0.15) is 5.82 Å². The van der Waals surface area contributed by atoms with Crippen molar-refractivity contribution in [3.8, 4) is 0 Å². The topological polar surface area (TPSA) is 0 Å². The second-order valence-electron chi connectivity index (χ2n) is 3.89. The second kappa shape index (κ2) is 3.91. The molecule has 0 saturated carbocycles. The molecule has 0 aromatic heterocycles. The summed E-state index contributed by atoms with van der Waals surface area (Å²) < 4.78 is 13.0. The molecule has 0 N–H and O–H groups in total. The van der Waals surface area contributed by atoms with E-state index in [0.29, 0.717) is 5.92 Å². The van der Waals surface area contributed by atoms with E-state index >= 15 is 0 Å². The smallest absolute Gasteiger partial charge is 0.123 e. The molecule has 0 amide bonds. The van der Waals surface area contributed by atoms with Gasteiger partial charge in [0.05, 0.1) is 0 Å². The summed E-state index contributed by atoms with van der Waals surface area (Å²) in [5.41, 5.74) is 2.27. The van der Waals surface area contributed by atoms with Crippen LogP contribution in [-0.2, 0) is 0 Å². The lowest BCUT2D eigenvalue weighted by Gasteiger charge is -2.15. The van der Waals surface area contributed by atoms with E-state index in [9.17, 15) is 4.39 Å². The van der Waals surface area contributed by atoms with Gasteiger partial charge in [0.2, 0.25) is 0 Å². The molecule has 0 nitrogen and oxygen atoms in total. The lowest BCUT2D eigenvalue weighted by atomic mass is 9.91. The van der Waals surface area contributed by atoms with E-state index in [2.05, 4.69) is 13.8 Å². The molecular weight excluding hydrogens is 163 g/mol. The minimum atomic E-state index is -0.152. The zero-order valence-electron chi connectivity index (χ0n) is 8.69. The third kappa shape index (κ3) is 2.30. The third-order valence-corrected chi connectivity index (χ3v) is 2.18. The Balaban J connectivity index is 3.19. The Kier molecular flexibility index (Phi) is 3.07. The van der Waals surface area contributed by atoms with E-state index < -0.39 is 0 Å². The van der Waals surface area contributed by atoms with Gasteiger partial charge in [-0.05, 0) is 35.1 Å². The molecule has 1 aromatic rings. The van der Waals surface area contributed by atoms with Crippen molar-refractivity contribution in [2.75, 3.05) is 0 Å². The Morgan fingerprint density at radius 3 is 2.31 bits per heavy atom. The number of hydrogen-bond donors (Lipinski definition) is 0. The standard InChI is InChI=1S/C12H16F/c1-8(2)11-6-5-10(13)7-12(11)9(3)4/h5-8H,1-4H3. The minimum absolute atomic E-state index is 0.152. The molecule has 1 heteroatoms. The Morgan fingerprint density at radius 1 is 1.23 bits per heavy atom. The summed E-state index contributed by atoms with van der Waals surface area (Å²) in [6.45, 7) is 8.28. The molecule has 0 heterocycles. The zero-order valence-corrected chi connectivity index (χ0v) is 8.69. The molecule has 71 valence electrons. The summed E-state index contributed by atoms with van der Waals surface area (Å²) in [6.07, 6.45) is 0. The van der Waals surface area contributed by atoms with Crippen molar-refractivity contribution >= 4 is 0 Å². The maximum Gasteiger partial charge on any atom is 0.123 e. The lowest BCUT2D eigenvalue weighted by Crippen LogP contribution is -1.99. The molecule has 0 spiro atoms. The minimum Gasteiger partial charge on any atom is -0.207 e. The van der Waals surface area contributed by atoms with Crippen molar-refractivity contribution in [1.29, 1.82) is 0 Å².